The van der Waals surface area contributed by atoms with E-state index < -0.39 is 6.67 Å². The number of alkyl halides is 1. The number of rotatable bonds is 4. The fourth-order valence-corrected chi connectivity index (χ4v) is 3.89. The third-order valence-electron chi connectivity index (χ3n) is 4.93. The van der Waals surface area contributed by atoms with Gasteiger partial charge in [-0.05, 0) is 48.0 Å². The van der Waals surface area contributed by atoms with Crippen molar-refractivity contribution in [1.29, 1.82) is 0 Å². The number of benzene rings is 2. The molecule has 2 aromatic carbocycles. The first kappa shape index (κ1) is 18.9. The second kappa shape index (κ2) is 7.59. The number of halogens is 3. The van der Waals surface area contributed by atoms with Crippen LogP contribution in [0.15, 0.2) is 79.3 Å². The number of nitrogens with zero attached hydrogens (tertiary/aromatic N) is 4. The highest BCUT2D eigenvalue weighted by Gasteiger charge is 2.22. The molecule has 4 nitrogen and oxygen atoms in total. The van der Waals surface area contributed by atoms with Crippen LogP contribution in [0.4, 0.5) is 4.39 Å². The third-order valence-corrected chi connectivity index (χ3v) is 5.50. The van der Waals surface area contributed by atoms with Crippen molar-refractivity contribution in [3.63, 3.8) is 0 Å². The van der Waals surface area contributed by atoms with E-state index in [1.807, 2.05) is 51.7 Å². The molecule has 3 aromatic heterocycles. The van der Waals surface area contributed by atoms with Crippen LogP contribution in [0.2, 0.25) is 10.0 Å². The molecular weight excluding hydrogens is 422 g/mol. The minimum absolute atomic E-state index is 0.498. The summed E-state index contributed by atoms with van der Waals surface area (Å²) in [6.07, 6.45) is 5.53. The van der Waals surface area contributed by atoms with Crippen LogP contribution in [-0.4, -0.2) is 18.9 Å². The molecule has 0 atom stereocenters. The van der Waals surface area contributed by atoms with E-state index in [1.54, 1.807) is 36.5 Å². The van der Waals surface area contributed by atoms with Crippen LogP contribution in [0, 0.1) is 0 Å². The first-order valence-corrected chi connectivity index (χ1v) is 10.0. The third kappa shape index (κ3) is 3.16. The smallest absolute Gasteiger partial charge is 0.163 e. The Kier molecular flexibility index (Phi) is 4.77. The molecule has 0 fully saturated rings. The summed E-state index contributed by atoms with van der Waals surface area (Å²) in [5, 5.41) is 1.12. The van der Waals surface area contributed by atoms with Crippen molar-refractivity contribution in [3.8, 4) is 28.5 Å². The summed E-state index contributed by atoms with van der Waals surface area (Å²) >= 11 is 12.8. The first-order valence-electron chi connectivity index (χ1n) is 9.27. The molecule has 0 radical (unpaired) electrons. The Hall–Kier alpha value is -3.15. The second-order valence-electron chi connectivity index (χ2n) is 6.78. The van der Waals surface area contributed by atoms with Gasteiger partial charge in [-0.1, -0.05) is 41.4 Å². The van der Waals surface area contributed by atoms with E-state index in [4.69, 9.17) is 28.2 Å². The largest absolute Gasteiger partial charge is 0.298 e. The summed E-state index contributed by atoms with van der Waals surface area (Å²) in [5.74, 6) is 0.688. The van der Waals surface area contributed by atoms with Gasteiger partial charge in [0.05, 0.1) is 5.02 Å². The summed E-state index contributed by atoms with van der Waals surface area (Å²) < 4.78 is 16.9. The van der Waals surface area contributed by atoms with Crippen LogP contribution in [0.5, 0.6) is 0 Å². The number of aromatic nitrogens is 4. The Morgan fingerprint density at radius 1 is 0.933 bits per heavy atom. The van der Waals surface area contributed by atoms with E-state index in [-0.39, 0.29) is 0 Å². The minimum atomic E-state index is -0.498. The van der Waals surface area contributed by atoms with Gasteiger partial charge in [0.15, 0.2) is 5.82 Å². The lowest BCUT2D eigenvalue weighted by Crippen LogP contribution is -2.00. The van der Waals surface area contributed by atoms with Crippen LogP contribution in [-0.2, 0) is 6.67 Å². The Balaban J connectivity index is 1.78. The second-order valence-corrected chi connectivity index (χ2v) is 7.63. The molecule has 5 rings (SSSR count). The van der Waals surface area contributed by atoms with E-state index in [9.17, 15) is 4.39 Å². The molecule has 7 heteroatoms. The molecule has 0 aliphatic heterocycles. The Bertz CT molecular complexity index is 1360. The van der Waals surface area contributed by atoms with Gasteiger partial charge in [0.25, 0.3) is 0 Å². The molecule has 148 valence electrons. The Labute approximate surface area is 182 Å². The lowest BCUT2D eigenvalue weighted by molar-refractivity contribution is 0.485. The van der Waals surface area contributed by atoms with E-state index in [1.165, 1.54) is 0 Å². The molecule has 0 aliphatic carbocycles. The molecule has 0 saturated carbocycles. The maximum Gasteiger partial charge on any atom is 0.163 e. The molecular formula is C23H15Cl2FN4. The highest BCUT2D eigenvalue weighted by molar-refractivity contribution is 6.35. The maximum absolute atomic E-state index is 12.9. The fourth-order valence-electron chi connectivity index (χ4n) is 3.51. The summed E-state index contributed by atoms with van der Waals surface area (Å²) in [4.78, 5) is 9.44. The quantitative estimate of drug-likeness (QED) is 0.316. The summed E-state index contributed by atoms with van der Waals surface area (Å²) in [6.45, 7) is -0.498. The molecule has 0 amide bonds. The van der Waals surface area contributed by atoms with Crippen LogP contribution in [0.25, 0.3) is 34.1 Å². The number of hydrogen-bond acceptors (Lipinski definition) is 2. The van der Waals surface area contributed by atoms with Crippen molar-refractivity contribution < 1.29 is 4.39 Å². The average Bonchev–Trinajstić information content (AvgIpc) is 3.39. The molecule has 5 aromatic rings. The van der Waals surface area contributed by atoms with E-state index in [0.717, 1.165) is 22.6 Å². The predicted molar refractivity (Wildman–Crippen MR) is 118 cm³/mol. The van der Waals surface area contributed by atoms with Gasteiger partial charge >= 0.3 is 0 Å². The van der Waals surface area contributed by atoms with Gasteiger partial charge in [-0.25, -0.2) is 14.4 Å². The monoisotopic (exact) mass is 436 g/mol. The van der Waals surface area contributed by atoms with Crippen molar-refractivity contribution in [2.45, 2.75) is 6.67 Å². The van der Waals surface area contributed by atoms with E-state index in [0.29, 0.717) is 27.1 Å². The van der Waals surface area contributed by atoms with Crippen LogP contribution in [0.3, 0.4) is 0 Å². The van der Waals surface area contributed by atoms with E-state index >= 15 is 0 Å². The SMILES string of the molecule is FCc1ccc(-n2ccnc2-c2c(-c3cc(Cl)ccc3Cl)nc3ccccn23)cc1. The molecule has 0 saturated heterocycles. The van der Waals surface area contributed by atoms with Crippen molar-refractivity contribution in [2.75, 3.05) is 0 Å². The zero-order chi connectivity index (χ0) is 20.7. The number of fused-ring (bicyclic) bond motifs is 1. The van der Waals surface area contributed by atoms with Crippen LogP contribution in [0.1, 0.15) is 5.56 Å². The first-order chi connectivity index (χ1) is 14.7. The van der Waals surface area contributed by atoms with Gasteiger partial charge in [0.2, 0.25) is 0 Å². The van der Waals surface area contributed by atoms with Crippen LogP contribution >= 0.6 is 23.2 Å². The lowest BCUT2D eigenvalue weighted by atomic mass is 10.1. The topological polar surface area (TPSA) is 35.1 Å². The van der Waals surface area contributed by atoms with Gasteiger partial charge in [-0.2, -0.15) is 0 Å². The highest BCUT2D eigenvalue weighted by atomic mass is 35.5. The number of pyridine rings is 1. The van der Waals surface area contributed by atoms with Gasteiger partial charge in [0, 0.05) is 34.9 Å². The van der Waals surface area contributed by atoms with E-state index in [2.05, 4.69) is 4.98 Å². The summed E-state index contributed by atoms with van der Waals surface area (Å²) in [7, 11) is 0. The van der Waals surface area contributed by atoms with Gasteiger partial charge < -0.3 is 0 Å². The summed E-state index contributed by atoms with van der Waals surface area (Å²) in [6, 6.07) is 18.4. The number of hydrogen-bond donors (Lipinski definition) is 0. The highest BCUT2D eigenvalue weighted by Crippen LogP contribution is 2.37. The van der Waals surface area contributed by atoms with Crippen molar-refractivity contribution in [3.05, 3.63) is 94.9 Å². The molecule has 0 spiro atoms. The Morgan fingerprint density at radius 3 is 2.57 bits per heavy atom. The molecule has 0 N–H and O–H groups in total. The molecule has 0 unspecified atom stereocenters. The van der Waals surface area contributed by atoms with Crippen LogP contribution < -0.4 is 0 Å². The maximum atomic E-state index is 12.9. The zero-order valence-corrected chi connectivity index (χ0v) is 17.1. The molecule has 30 heavy (non-hydrogen) atoms. The Morgan fingerprint density at radius 2 is 1.77 bits per heavy atom. The lowest BCUT2D eigenvalue weighted by Gasteiger charge is -2.11. The fraction of sp³-hybridized carbons (Fsp3) is 0.0435. The minimum Gasteiger partial charge on any atom is -0.298 e. The molecule has 0 aliphatic rings. The standard InChI is InChI=1S/C23H15Cl2FN4/c24-16-6-9-19(25)18(13-16)21-22(30-11-2-1-3-20(30)28-21)23-27-10-12-29(23)17-7-4-15(14-26)5-8-17/h1-13H,14H2. The van der Waals surface area contributed by atoms with Gasteiger partial charge in [0.1, 0.15) is 23.7 Å². The van der Waals surface area contributed by atoms with Gasteiger partial charge in [-0.15, -0.1) is 0 Å². The normalized spacial score (nSPS) is 11.3. The van der Waals surface area contributed by atoms with Gasteiger partial charge in [-0.3, -0.25) is 8.97 Å². The number of imidazole rings is 2. The predicted octanol–water partition coefficient (Wildman–Crippen LogP) is 6.63. The average molecular weight is 437 g/mol. The zero-order valence-electron chi connectivity index (χ0n) is 15.6. The molecule has 3 heterocycles. The van der Waals surface area contributed by atoms with Crippen molar-refractivity contribution >= 4 is 28.8 Å². The molecule has 0 bridgehead atoms. The van der Waals surface area contributed by atoms with Crippen molar-refractivity contribution in [2.24, 2.45) is 0 Å². The summed E-state index contributed by atoms with van der Waals surface area (Å²) in [5.41, 5.74) is 4.46. The van der Waals surface area contributed by atoms with Crippen molar-refractivity contribution in [1.82, 2.24) is 18.9 Å².